The van der Waals surface area contributed by atoms with Gasteiger partial charge in [-0.15, -0.1) is 0 Å². The molecule has 0 radical (unpaired) electrons. The van der Waals surface area contributed by atoms with Crippen molar-refractivity contribution in [3.05, 3.63) is 28.8 Å². The topological polar surface area (TPSA) is 9.23 Å². The number of ether oxygens (including phenoxy) is 1. The molecular formula is C8H7ClF2O. The van der Waals surface area contributed by atoms with Crippen molar-refractivity contribution in [2.24, 2.45) is 0 Å². The maximum absolute atomic E-state index is 12.8. The van der Waals surface area contributed by atoms with Crippen molar-refractivity contribution in [3.63, 3.8) is 0 Å². The van der Waals surface area contributed by atoms with Gasteiger partial charge in [0, 0.05) is 6.07 Å². The van der Waals surface area contributed by atoms with Crippen LogP contribution in [0.2, 0.25) is 5.02 Å². The monoisotopic (exact) mass is 192 g/mol. The molecule has 0 unspecified atom stereocenters. The van der Waals surface area contributed by atoms with E-state index in [4.69, 9.17) is 16.3 Å². The lowest BCUT2D eigenvalue weighted by atomic mass is 10.3. The second-order valence-corrected chi connectivity index (χ2v) is 2.54. The van der Waals surface area contributed by atoms with Gasteiger partial charge in [-0.1, -0.05) is 11.6 Å². The molecule has 1 aromatic carbocycles. The third-order valence-electron chi connectivity index (χ3n) is 1.25. The Morgan fingerprint density at radius 1 is 1.42 bits per heavy atom. The second kappa shape index (κ2) is 3.72. The number of hydrogen-bond acceptors (Lipinski definition) is 1. The Balaban J connectivity index is 3.10. The van der Waals surface area contributed by atoms with Crippen LogP contribution in [-0.4, -0.2) is 6.61 Å². The average molecular weight is 193 g/mol. The lowest BCUT2D eigenvalue weighted by molar-refractivity contribution is 0.320. The summed E-state index contributed by atoms with van der Waals surface area (Å²) in [6.07, 6.45) is 0. The van der Waals surface area contributed by atoms with Gasteiger partial charge in [-0.05, 0) is 13.0 Å². The maximum Gasteiger partial charge on any atom is 0.173 e. The SMILES string of the molecule is CCOc1c(F)cc(F)cc1Cl. The average Bonchev–Trinajstić information content (AvgIpc) is 1.96. The zero-order valence-corrected chi connectivity index (χ0v) is 7.16. The third-order valence-corrected chi connectivity index (χ3v) is 1.53. The minimum atomic E-state index is -0.776. The second-order valence-electron chi connectivity index (χ2n) is 2.13. The summed E-state index contributed by atoms with van der Waals surface area (Å²) >= 11 is 5.51. The van der Waals surface area contributed by atoms with Crippen molar-refractivity contribution in [2.75, 3.05) is 6.61 Å². The van der Waals surface area contributed by atoms with E-state index in [0.717, 1.165) is 12.1 Å². The summed E-state index contributed by atoms with van der Waals surface area (Å²) in [6.45, 7) is 1.99. The van der Waals surface area contributed by atoms with Crippen LogP contribution < -0.4 is 4.74 Å². The van der Waals surface area contributed by atoms with Gasteiger partial charge in [0.2, 0.25) is 0 Å². The van der Waals surface area contributed by atoms with Crippen molar-refractivity contribution < 1.29 is 13.5 Å². The lowest BCUT2D eigenvalue weighted by Crippen LogP contribution is -1.96. The van der Waals surface area contributed by atoms with E-state index in [9.17, 15) is 8.78 Å². The van der Waals surface area contributed by atoms with Gasteiger partial charge in [0.25, 0.3) is 0 Å². The summed E-state index contributed by atoms with van der Waals surface area (Å²) in [5.41, 5.74) is 0. The smallest absolute Gasteiger partial charge is 0.173 e. The van der Waals surface area contributed by atoms with Gasteiger partial charge in [-0.25, -0.2) is 8.78 Å². The van der Waals surface area contributed by atoms with Gasteiger partial charge in [0.05, 0.1) is 11.6 Å². The van der Waals surface area contributed by atoms with E-state index in [1.807, 2.05) is 0 Å². The van der Waals surface area contributed by atoms with Gasteiger partial charge in [-0.3, -0.25) is 0 Å². The largest absolute Gasteiger partial charge is 0.489 e. The fraction of sp³-hybridized carbons (Fsp3) is 0.250. The predicted molar refractivity (Wildman–Crippen MR) is 42.5 cm³/mol. The van der Waals surface area contributed by atoms with Gasteiger partial charge >= 0.3 is 0 Å². The Morgan fingerprint density at radius 3 is 2.58 bits per heavy atom. The van der Waals surface area contributed by atoms with Gasteiger partial charge in [0.15, 0.2) is 11.6 Å². The van der Waals surface area contributed by atoms with Gasteiger partial charge in [-0.2, -0.15) is 0 Å². The van der Waals surface area contributed by atoms with Crippen LogP contribution in [0.1, 0.15) is 6.92 Å². The lowest BCUT2D eigenvalue weighted by Gasteiger charge is -2.05. The Kier molecular flexibility index (Phi) is 2.87. The van der Waals surface area contributed by atoms with Crippen LogP contribution in [0.15, 0.2) is 12.1 Å². The first-order valence-corrected chi connectivity index (χ1v) is 3.80. The van der Waals surface area contributed by atoms with E-state index < -0.39 is 11.6 Å². The van der Waals surface area contributed by atoms with Crippen LogP contribution in [0.4, 0.5) is 8.78 Å². The normalized spacial score (nSPS) is 10.0. The molecule has 1 aromatic rings. The van der Waals surface area contributed by atoms with Crippen LogP contribution >= 0.6 is 11.6 Å². The number of halogens is 3. The minimum absolute atomic E-state index is 0.0469. The van der Waals surface area contributed by atoms with E-state index in [2.05, 4.69) is 0 Å². The molecule has 0 atom stereocenters. The molecule has 0 aliphatic heterocycles. The number of hydrogen-bond donors (Lipinski definition) is 0. The standard InChI is InChI=1S/C8H7ClF2O/c1-2-12-8-6(9)3-5(10)4-7(8)11/h3-4H,2H2,1H3. The highest BCUT2D eigenvalue weighted by atomic mass is 35.5. The highest BCUT2D eigenvalue weighted by Crippen LogP contribution is 2.28. The van der Waals surface area contributed by atoms with Crippen LogP contribution in [0.25, 0.3) is 0 Å². The molecule has 0 fully saturated rings. The predicted octanol–water partition coefficient (Wildman–Crippen LogP) is 3.02. The summed E-state index contributed by atoms with van der Waals surface area (Å²) in [7, 11) is 0. The van der Waals surface area contributed by atoms with Crippen molar-refractivity contribution in [3.8, 4) is 5.75 Å². The first-order chi connectivity index (χ1) is 5.65. The minimum Gasteiger partial charge on any atom is -0.489 e. The summed E-state index contributed by atoms with van der Waals surface area (Å²) in [4.78, 5) is 0. The summed E-state index contributed by atoms with van der Waals surface area (Å²) in [5.74, 6) is -1.58. The fourth-order valence-corrected chi connectivity index (χ4v) is 1.06. The van der Waals surface area contributed by atoms with Crippen molar-refractivity contribution in [1.82, 2.24) is 0 Å². The molecule has 0 N–H and O–H groups in total. The van der Waals surface area contributed by atoms with Crippen LogP contribution in [-0.2, 0) is 0 Å². The molecule has 66 valence electrons. The Morgan fingerprint density at radius 2 is 2.08 bits per heavy atom. The molecule has 4 heteroatoms. The quantitative estimate of drug-likeness (QED) is 0.700. The van der Waals surface area contributed by atoms with Crippen molar-refractivity contribution >= 4 is 11.6 Å². The fourth-order valence-electron chi connectivity index (χ4n) is 0.811. The maximum atomic E-state index is 12.8. The summed E-state index contributed by atoms with van der Waals surface area (Å²) < 4.78 is 30.2. The van der Waals surface area contributed by atoms with E-state index in [1.165, 1.54) is 0 Å². The van der Waals surface area contributed by atoms with Crippen LogP contribution in [0.5, 0.6) is 5.75 Å². The van der Waals surface area contributed by atoms with E-state index >= 15 is 0 Å². The van der Waals surface area contributed by atoms with E-state index in [1.54, 1.807) is 6.92 Å². The van der Waals surface area contributed by atoms with Crippen LogP contribution in [0, 0.1) is 11.6 Å². The molecule has 12 heavy (non-hydrogen) atoms. The third kappa shape index (κ3) is 1.85. The molecule has 0 aromatic heterocycles. The number of benzene rings is 1. The van der Waals surface area contributed by atoms with Crippen LogP contribution in [0.3, 0.4) is 0 Å². The molecule has 0 aliphatic carbocycles. The summed E-state index contributed by atoms with van der Waals surface area (Å²) in [5, 5.41) is -0.0469. The molecule has 0 spiro atoms. The van der Waals surface area contributed by atoms with Gasteiger partial charge < -0.3 is 4.74 Å². The highest BCUT2D eigenvalue weighted by molar-refractivity contribution is 6.32. The van der Waals surface area contributed by atoms with E-state index in [0.29, 0.717) is 6.61 Å². The molecule has 0 bridgehead atoms. The molecule has 0 saturated carbocycles. The molecule has 0 saturated heterocycles. The molecule has 1 nitrogen and oxygen atoms in total. The van der Waals surface area contributed by atoms with Crippen molar-refractivity contribution in [1.29, 1.82) is 0 Å². The summed E-state index contributed by atoms with van der Waals surface area (Å²) in [6, 6.07) is 1.74. The number of rotatable bonds is 2. The zero-order chi connectivity index (χ0) is 9.14. The molecule has 0 amide bonds. The van der Waals surface area contributed by atoms with Crippen molar-refractivity contribution in [2.45, 2.75) is 6.92 Å². The first kappa shape index (κ1) is 9.26. The molecular weight excluding hydrogens is 186 g/mol. The first-order valence-electron chi connectivity index (χ1n) is 3.42. The highest BCUT2D eigenvalue weighted by Gasteiger charge is 2.09. The van der Waals surface area contributed by atoms with E-state index in [-0.39, 0.29) is 10.8 Å². The molecule has 0 heterocycles. The Labute approximate surface area is 73.9 Å². The Bertz CT molecular complexity index is 265. The van der Waals surface area contributed by atoms with Gasteiger partial charge in [0.1, 0.15) is 5.82 Å². The zero-order valence-electron chi connectivity index (χ0n) is 6.40. The molecule has 0 aliphatic rings. The Hall–Kier alpha value is -0.830. The molecule has 1 rings (SSSR count).